The molecule has 0 saturated heterocycles. The van der Waals surface area contributed by atoms with Gasteiger partial charge in [0.05, 0.1) is 5.70 Å². The quantitative estimate of drug-likeness (QED) is 0.502. The fourth-order valence-electron chi connectivity index (χ4n) is 4.58. The van der Waals surface area contributed by atoms with E-state index in [4.69, 9.17) is 4.99 Å². The number of rotatable bonds is 5. The SMILES string of the molecule is CCC1=C(C)/C(=C(\c2ccc(C)cc2)c2c(C)c(CC)c(C)n2B(F)F)N=C1C. The molecule has 0 fully saturated rings. The van der Waals surface area contributed by atoms with Crippen LogP contribution in [0.4, 0.5) is 8.63 Å². The van der Waals surface area contributed by atoms with Crippen molar-refractivity contribution < 1.29 is 8.63 Å². The number of nitrogens with zero attached hydrogens (tertiary/aromatic N) is 2. The fourth-order valence-corrected chi connectivity index (χ4v) is 4.58. The summed E-state index contributed by atoms with van der Waals surface area (Å²) in [4.78, 5) is 4.87. The number of benzene rings is 1. The number of aliphatic imine (C=N–C) groups is 1. The lowest BCUT2D eigenvalue weighted by atomic mass is 9.92. The number of allylic oxidation sites excluding steroid dienone is 2. The third-order valence-corrected chi connectivity index (χ3v) is 6.09. The zero-order chi connectivity index (χ0) is 21.5. The van der Waals surface area contributed by atoms with Crippen LogP contribution in [-0.4, -0.2) is 17.6 Å². The molecule has 0 spiro atoms. The highest BCUT2D eigenvalue weighted by molar-refractivity contribution is 6.41. The van der Waals surface area contributed by atoms with Crippen LogP contribution < -0.4 is 0 Å². The van der Waals surface area contributed by atoms with Gasteiger partial charge in [0.2, 0.25) is 0 Å². The monoisotopic (exact) mass is 394 g/mol. The molecule has 0 unspecified atom stereocenters. The molecular formula is C24H29BF2N2. The van der Waals surface area contributed by atoms with E-state index in [1.807, 2.05) is 52.0 Å². The van der Waals surface area contributed by atoms with Gasteiger partial charge in [-0.1, -0.05) is 43.7 Å². The van der Waals surface area contributed by atoms with Crippen molar-refractivity contribution in [2.24, 2.45) is 4.99 Å². The standard InChI is InChI=1S/C24H29BF2N2/c1-8-20-15(4)23(28-17(20)6)22(19-12-10-14(3)11-13-19)24-16(5)21(9-2)18(7)29(24)25(26)27/h10-13H,8-9H2,1-7H3/b23-22-. The van der Waals surface area contributed by atoms with Crippen molar-refractivity contribution in [3.63, 3.8) is 0 Å². The van der Waals surface area contributed by atoms with Crippen molar-refractivity contribution in [1.29, 1.82) is 0 Å². The predicted molar refractivity (Wildman–Crippen MR) is 120 cm³/mol. The van der Waals surface area contributed by atoms with E-state index in [9.17, 15) is 8.63 Å². The summed E-state index contributed by atoms with van der Waals surface area (Å²) in [5, 5.41) is 0. The van der Waals surface area contributed by atoms with Crippen LogP contribution in [-0.2, 0) is 6.42 Å². The molecule has 5 heteroatoms. The van der Waals surface area contributed by atoms with Gasteiger partial charge in [0, 0.05) is 22.7 Å². The molecule has 0 bridgehead atoms. The largest absolute Gasteiger partial charge is 0.677 e. The Hall–Kier alpha value is -2.43. The third-order valence-electron chi connectivity index (χ3n) is 6.09. The summed E-state index contributed by atoms with van der Waals surface area (Å²) < 4.78 is 29.7. The van der Waals surface area contributed by atoms with Crippen LogP contribution in [0.15, 0.2) is 46.1 Å². The first-order chi connectivity index (χ1) is 13.7. The van der Waals surface area contributed by atoms with Gasteiger partial charge in [-0.2, -0.15) is 0 Å². The van der Waals surface area contributed by atoms with E-state index in [2.05, 4.69) is 13.8 Å². The number of aryl methyl sites for hydroxylation is 1. The Balaban J connectivity index is 2.47. The lowest BCUT2D eigenvalue weighted by Crippen LogP contribution is -2.18. The first-order valence-electron chi connectivity index (χ1n) is 10.3. The summed E-state index contributed by atoms with van der Waals surface area (Å²) in [5.41, 5.74) is 10.0. The fraction of sp³-hybridized carbons (Fsp3) is 0.375. The van der Waals surface area contributed by atoms with E-state index in [0.717, 1.165) is 57.7 Å². The molecule has 2 nitrogen and oxygen atoms in total. The Morgan fingerprint density at radius 2 is 1.59 bits per heavy atom. The van der Waals surface area contributed by atoms with Gasteiger partial charge in [0.25, 0.3) is 0 Å². The molecule has 2 aromatic rings. The van der Waals surface area contributed by atoms with Gasteiger partial charge in [0.15, 0.2) is 0 Å². The molecular weight excluding hydrogens is 365 g/mol. The molecule has 152 valence electrons. The van der Waals surface area contributed by atoms with Gasteiger partial charge in [-0.05, 0) is 75.3 Å². The maximum Gasteiger partial charge on any atom is 0.677 e. The van der Waals surface area contributed by atoms with Gasteiger partial charge in [-0.25, -0.2) is 0 Å². The molecule has 1 aliphatic rings. The molecule has 2 heterocycles. The first-order valence-corrected chi connectivity index (χ1v) is 10.3. The Kier molecular flexibility index (Phi) is 5.97. The molecule has 1 aromatic heterocycles. The van der Waals surface area contributed by atoms with Crippen LogP contribution in [0.25, 0.3) is 5.57 Å². The van der Waals surface area contributed by atoms with Crippen molar-refractivity contribution in [3.8, 4) is 0 Å². The Labute approximate surface area is 173 Å². The highest BCUT2D eigenvalue weighted by Crippen LogP contribution is 2.40. The van der Waals surface area contributed by atoms with E-state index in [-0.39, 0.29) is 0 Å². The van der Waals surface area contributed by atoms with E-state index in [1.54, 1.807) is 6.92 Å². The van der Waals surface area contributed by atoms with Gasteiger partial charge >= 0.3 is 7.40 Å². The van der Waals surface area contributed by atoms with Gasteiger partial charge in [-0.15, -0.1) is 0 Å². The number of aromatic nitrogens is 1. The van der Waals surface area contributed by atoms with E-state index in [0.29, 0.717) is 11.4 Å². The molecule has 1 aromatic carbocycles. The van der Waals surface area contributed by atoms with E-state index < -0.39 is 7.40 Å². The molecule has 3 rings (SSSR count). The molecule has 1 aliphatic heterocycles. The van der Waals surface area contributed by atoms with Crippen LogP contribution in [0.1, 0.15) is 67.8 Å². The van der Waals surface area contributed by atoms with Crippen molar-refractivity contribution >= 4 is 18.7 Å². The smallest absolute Gasteiger partial charge is 0.329 e. The van der Waals surface area contributed by atoms with Crippen LogP contribution >= 0.6 is 0 Å². The average Bonchev–Trinajstić information content (AvgIpc) is 3.09. The van der Waals surface area contributed by atoms with Gasteiger partial charge < -0.3 is 4.48 Å². The van der Waals surface area contributed by atoms with E-state index >= 15 is 0 Å². The minimum Gasteiger partial charge on any atom is -0.329 e. The number of hydrogen-bond acceptors (Lipinski definition) is 1. The summed E-state index contributed by atoms with van der Waals surface area (Å²) in [6.07, 6.45) is 1.60. The van der Waals surface area contributed by atoms with E-state index in [1.165, 1.54) is 10.1 Å². The summed E-state index contributed by atoms with van der Waals surface area (Å²) in [5.74, 6) is 0. The maximum absolute atomic E-state index is 14.3. The maximum atomic E-state index is 14.3. The van der Waals surface area contributed by atoms with Crippen molar-refractivity contribution in [2.45, 2.75) is 61.3 Å². The molecule has 29 heavy (non-hydrogen) atoms. The second-order valence-corrected chi connectivity index (χ2v) is 7.78. The van der Waals surface area contributed by atoms with Crippen LogP contribution in [0.3, 0.4) is 0 Å². The summed E-state index contributed by atoms with van der Waals surface area (Å²) in [6, 6.07) is 8.09. The molecule has 0 saturated carbocycles. The van der Waals surface area contributed by atoms with Crippen LogP contribution in [0.5, 0.6) is 0 Å². The summed E-state index contributed by atoms with van der Waals surface area (Å²) in [7, 11) is -2.61. The summed E-state index contributed by atoms with van der Waals surface area (Å²) >= 11 is 0. The summed E-state index contributed by atoms with van der Waals surface area (Å²) in [6.45, 7) is 14.0. The molecule has 0 amide bonds. The Morgan fingerprint density at radius 1 is 0.966 bits per heavy atom. The normalized spacial score (nSPS) is 15.8. The van der Waals surface area contributed by atoms with Crippen molar-refractivity contribution in [2.75, 3.05) is 0 Å². The number of hydrogen-bond donors (Lipinski definition) is 0. The highest BCUT2D eigenvalue weighted by Gasteiger charge is 2.32. The van der Waals surface area contributed by atoms with Crippen molar-refractivity contribution in [3.05, 3.63) is 74.8 Å². The topological polar surface area (TPSA) is 17.3 Å². The first kappa shape index (κ1) is 21.3. The second-order valence-electron chi connectivity index (χ2n) is 7.78. The Bertz CT molecular complexity index is 1040. The molecule has 0 aliphatic carbocycles. The van der Waals surface area contributed by atoms with Crippen molar-refractivity contribution in [1.82, 2.24) is 4.48 Å². The highest BCUT2D eigenvalue weighted by atomic mass is 19.2. The minimum atomic E-state index is -2.61. The number of halogens is 2. The zero-order valence-corrected chi connectivity index (χ0v) is 18.5. The third kappa shape index (κ3) is 3.52. The average molecular weight is 394 g/mol. The van der Waals surface area contributed by atoms with Gasteiger partial charge in [0.1, 0.15) is 0 Å². The Morgan fingerprint density at radius 3 is 2.07 bits per heavy atom. The second kappa shape index (κ2) is 8.13. The lowest BCUT2D eigenvalue weighted by molar-refractivity contribution is 0.623. The molecule has 0 radical (unpaired) electrons. The minimum absolute atomic E-state index is 0.585. The van der Waals surface area contributed by atoms with Crippen LogP contribution in [0.2, 0.25) is 0 Å². The van der Waals surface area contributed by atoms with Gasteiger partial charge in [-0.3, -0.25) is 13.6 Å². The zero-order valence-electron chi connectivity index (χ0n) is 18.5. The predicted octanol–water partition coefficient (Wildman–Crippen LogP) is 6.71. The lowest BCUT2D eigenvalue weighted by Gasteiger charge is -2.17. The van der Waals surface area contributed by atoms with Crippen LogP contribution in [0, 0.1) is 20.8 Å². The molecule has 0 N–H and O–H groups in total. The molecule has 0 atom stereocenters.